The minimum Gasteiger partial charge on any atom is -0.383 e. The maximum absolute atomic E-state index is 12.3. The van der Waals surface area contributed by atoms with E-state index in [1.807, 2.05) is 0 Å². The number of nitrogens with zero attached hydrogens (tertiary/aromatic N) is 2. The first kappa shape index (κ1) is 12.8. The second kappa shape index (κ2) is 5.34. The van der Waals surface area contributed by atoms with Crippen LogP contribution in [0.4, 0.5) is 5.82 Å². The van der Waals surface area contributed by atoms with Crippen LogP contribution in [0.2, 0.25) is 0 Å². The number of nitrogens with two attached hydrogens (primary N) is 1. The number of aromatic nitrogens is 1. The smallest absolute Gasteiger partial charge is 0.257 e. The van der Waals surface area contributed by atoms with E-state index in [1.54, 1.807) is 17.2 Å². The molecule has 0 radical (unpaired) electrons. The molecule has 1 aromatic heterocycles. The van der Waals surface area contributed by atoms with Gasteiger partial charge in [-0.15, -0.1) is 0 Å². The van der Waals surface area contributed by atoms with Crippen LogP contribution < -0.4 is 11.1 Å². The number of rotatable bonds is 1. The first-order valence-electron chi connectivity index (χ1n) is 5.55. The maximum Gasteiger partial charge on any atom is 0.257 e. The Labute approximate surface area is 113 Å². The molecule has 2 heterocycles. The highest BCUT2D eigenvalue weighted by Gasteiger charge is 2.21. The molecule has 2 rings (SSSR count). The number of anilines is 1. The van der Waals surface area contributed by atoms with Crippen molar-refractivity contribution >= 4 is 33.6 Å². The van der Waals surface area contributed by atoms with E-state index >= 15 is 0 Å². The Bertz CT molecular complexity index is 492. The van der Waals surface area contributed by atoms with Crippen LogP contribution in [-0.2, 0) is 4.79 Å². The summed E-state index contributed by atoms with van der Waals surface area (Å²) in [7, 11) is 0. The van der Waals surface area contributed by atoms with Gasteiger partial charge in [0, 0.05) is 36.7 Å². The molecular formula is C11H13BrN4O2. The second-order valence-corrected chi connectivity index (χ2v) is 4.89. The second-order valence-electron chi connectivity index (χ2n) is 3.98. The van der Waals surface area contributed by atoms with Gasteiger partial charge >= 0.3 is 0 Å². The molecule has 7 heteroatoms. The first-order valence-corrected chi connectivity index (χ1v) is 6.34. The summed E-state index contributed by atoms with van der Waals surface area (Å²) in [6.07, 6.45) is 1.85. The molecule has 18 heavy (non-hydrogen) atoms. The molecule has 0 saturated carbocycles. The Balaban J connectivity index is 2.19. The summed E-state index contributed by atoms with van der Waals surface area (Å²) >= 11 is 3.26. The third-order valence-corrected chi connectivity index (χ3v) is 3.15. The average Bonchev–Trinajstić information content (AvgIpc) is 2.56. The van der Waals surface area contributed by atoms with Gasteiger partial charge in [0.05, 0.1) is 5.56 Å². The van der Waals surface area contributed by atoms with Crippen molar-refractivity contribution < 1.29 is 9.59 Å². The number of hydrogen-bond acceptors (Lipinski definition) is 4. The number of pyridine rings is 1. The lowest BCUT2D eigenvalue weighted by atomic mass is 10.2. The fourth-order valence-corrected chi connectivity index (χ4v) is 2.09. The molecule has 0 aromatic carbocycles. The van der Waals surface area contributed by atoms with Gasteiger partial charge in [-0.05, 0) is 22.0 Å². The van der Waals surface area contributed by atoms with Crippen LogP contribution in [0.15, 0.2) is 16.7 Å². The Kier molecular flexibility index (Phi) is 3.81. The summed E-state index contributed by atoms with van der Waals surface area (Å²) in [5.41, 5.74) is 6.06. The van der Waals surface area contributed by atoms with E-state index in [0.29, 0.717) is 36.1 Å². The normalized spacial score (nSPS) is 16.1. The highest BCUT2D eigenvalue weighted by molar-refractivity contribution is 9.10. The van der Waals surface area contributed by atoms with Crippen molar-refractivity contribution in [2.45, 2.75) is 6.42 Å². The van der Waals surface area contributed by atoms with Gasteiger partial charge in [-0.25, -0.2) is 4.98 Å². The summed E-state index contributed by atoms with van der Waals surface area (Å²) in [6, 6.07) is 1.64. The fraction of sp³-hybridized carbons (Fsp3) is 0.364. The van der Waals surface area contributed by atoms with Crippen molar-refractivity contribution in [3.05, 3.63) is 22.3 Å². The van der Waals surface area contributed by atoms with Gasteiger partial charge in [-0.2, -0.15) is 0 Å². The van der Waals surface area contributed by atoms with Crippen molar-refractivity contribution in [1.82, 2.24) is 15.2 Å². The van der Waals surface area contributed by atoms with Crippen molar-refractivity contribution in [1.29, 1.82) is 0 Å². The lowest BCUT2D eigenvalue weighted by molar-refractivity contribution is -0.120. The van der Waals surface area contributed by atoms with Crippen LogP contribution in [-0.4, -0.2) is 41.3 Å². The Morgan fingerprint density at radius 3 is 3.06 bits per heavy atom. The van der Waals surface area contributed by atoms with E-state index in [1.165, 1.54) is 0 Å². The van der Waals surface area contributed by atoms with Crippen molar-refractivity contribution in [3.63, 3.8) is 0 Å². The van der Waals surface area contributed by atoms with E-state index in [-0.39, 0.29) is 17.6 Å². The van der Waals surface area contributed by atoms with Gasteiger partial charge in [0.25, 0.3) is 5.91 Å². The molecule has 1 aliphatic heterocycles. The SMILES string of the molecule is Nc1ncc(Br)cc1C(=O)N1CCNC(=O)CC1. The van der Waals surface area contributed by atoms with Crippen molar-refractivity contribution in [3.8, 4) is 0 Å². The molecule has 3 N–H and O–H groups in total. The minimum absolute atomic E-state index is 0.0364. The molecule has 96 valence electrons. The maximum atomic E-state index is 12.3. The third-order valence-electron chi connectivity index (χ3n) is 2.72. The van der Waals surface area contributed by atoms with Crippen LogP contribution in [0.25, 0.3) is 0 Å². The molecule has 1 aromatic rings. The van der Waals surface area contributed by atoms with Crippen LogP contribution in [0, 0.1) is 0 Å². The predicted molar refractivity (Wildman–Crippen MR) is 69.9 cm³/mol. The Morgan fingerprint density at radius 1 is 1.50 bits per heavy atom. The molecule has 0 aliphatic carbocycles. The van der Waals surface area contributed by atoms with E-state index in [0.717, 1.165) is 0 Å². The zero-order valence-electron chi connectivity index (χ0n) is 9.65. The van der Waals surface area contributed by atoms with E-state index < -0.39 is 0 Å². The highest BCUT2D eigenvalue weighted by Crippen LogP contribution is 2.17. The van der Waals surface area contributed by atoms with Crippen LogP contribution >= 0.6 is 15.9 Å². The van der Waals surface area contributed by atoms with Gasteiger partial charge in [-0.3, -0.25) is 9.59 Å². The zero-order chi connectivity index (χ0) is 13.1. The van der Waals surface area contributed by atoms with Gasteiger partial charge in [0.15, 0.2) is 0 Å². The summed E-state index contributed by atoms with van der Waals surface area (Å²) in [4.78, 5) is 29.0. The van der Waals surface area contributed by atoms with Crippen LogP contribution in [0.1, 0.15) is 16.8 Å². The van der Waals surface area contributed by atoms with Gasteiger partial charge in [-0.1, -0.05) is 0 Å². The lowest BCUT2D eigenvalue weighted by Crippen LogP contribution is -2.34. The Morgan fingerprint density at radius 2 is 2.28 bits per heavy atom. The number of hydrogen-bond donors (Lipinski definition) is 2. The number of carbonyl (C=O) groups is 2. The largest absolute Gasteiger partial charge is 0.383 e. The van der Waals surface area contributed by atoms with Crippen LogP contribution in [0.5, 0.6) is 0 Å². The number of halogens is 1. The number of nitrogen functional groups attached to an aromatic ring is 1. The van der Waals surface area contributed by atoms with E-state index in [2.05, 4.69) is 26.2 Å². The molecule has 1 aliphatic rings. The van der Waals surface area contributed by atoms with Crippen molar-refractivity contribution in [2.75, 3.05) is 25.4 Å². The molecule has 0 spiro atoms. The van der Waals surface area contributed by atoms with E-state index in [9.17, 15) is 9.59 Å². The first-order chi connectivity index (χ1) is 8.58. The summed E-state index contributed by atoms with van der Waals surface area (Å²) in [5.74, 6) is -0.0322. The van der Waals surface area contributed by atoms with Gasteiger partial charge in [0.1, 0.15) is 5.82 Å². The minimum atomic E-state index is -0.196. The summed E-state index contributed by atoms with van der Waals surface area (Å²) in [5, 5.41) is 2.72. The molecular weight excluding hydrogens is 300 g/mol. The third kappa shape index (κ3) is 2.79. The quantitative estimate of drug-likeness (QED) is 0.785. The monoisotopic (exact) mass is 312 g/mol. The zero-order valence-corrected chi connectivity index (χ0v) is 11.2. The van der Waals surface area contributed by atoms with Gasteiger partial charge < -0.3 is 16.0 Å². The number of amides is 2. The van der Waals surface area contributed by atoms with Crippen molar-refractivity contribution in [2.24, 2.45) is 0 Å². The predicted octanol–water partition coefficient (Wildman–Crippen LogP) is 0.388. The molecule has 1 fully saturated rings. The topological polar surface area (TPSA) is 88.3 Å². The molecule has 1 saturated heterocycles. The van der Waals surface area contributed by atoms with E-state index in [4.69, 9.17) is 5.73 Å². The fourth-order valence-electron chi connectivity index (χ4n) is 1.76. The molecule has 0 unspecified atom stereocenters. The summed E-state index contributed by atoms with van der Waals surface area (Å²) in [6.45, 7) is 1.35. The summed E-state index contributed by atoms with van der Waals surface area (Å²) < 4.78 is 0.698. The molecule has 0 bridgehead atoms. The molecule has 6 nitrogen and oxygen atoms in total. The standard InChI is InChI=1S/C11H13BrN4O2/c12-7-5-8(10(13)15-6-7)11(18)16-3-1-9(17)14-2-4-16/h5-6H,1-4H2,(H2,13,15)(H,14,17). The number of nitrogens with one attached hydrogen (secondary N) is 1. The highest BCUT2D eigenvalue weighted by atomic mass is 79.9. The average molecular weight is 313 g/mol. The number of carbonyl (C=O) groups excluding carboxylic acids is 2. The molecule has 2 amide bonds. The van der Waals surface area contributed by atoms with Crippen LogP contribution in [0.3, 0.4) is 0 Å². The van der Waals surface area contributed by atoms with Gasteiger partial charge in [0.2, 0.25) is 5.91 Å². The lowest BCUT2D eigenvalue weighted by Gasteiger charge is -2.20. The Hall–Kier alpha value is -1.63. The molecule has 0 atom stereocenters.